The van der Waals surface area contributed by atoms with Crippen LogP contribution in [0.3, 0.4) is 0 Å². The molecule has 4 heteroatoms. The maximum absolute atomic E-state index is 9.45. The van der Waals surface area contributed by atoms with Crippen LogP contribution in [-0.2, 0) is 9.84 Å². The summed E-state index contributed by atoms with van der Waals surface area (Å²) in [5, 5.41) is 17.1. The van der Waals surface area contributed by atoms with Gasteiger partial charge in [0.1, 0.15) is 13.2 Å². The molecule has 0 unspecified atom stereocenters. The molecular formula is C3H5O4. The Bertz CT molecular complexity index is 60.0. The largest absolute Gasteiger partial charge is 0.505 e. The molecule has 0 aromatic rings. The summed E-state index contributed by atoms with van der Waals surface area (Å²) in [6.07, 6.45) is -1.39. The molecule has 0 aliphatic carbocycles. The summed E-state index contributed by atoms with van der Waals surface area (Å²) in [6, 6.07) is 0. The van der Waals surface area contributed by atoms with Crippen LogP contribution < -0.4 is 0 Å². The van der Waals surface area contributed by atoms with E-state index in [0.717, 1.165) is 0 Å². The van der Waals surface area contributed by atoms with Gasteiger partial charge in [-0.15, -0.1) is 0 Å². The average Bonchev–Trinajstić information content (AvgIpc) is 1.61. The Balaban J connectivity index is 2.82. The lowest BCUT2D eigenvalue weighted by Gasteiger charge is -1.90. The molecular weight excluding hydrogens is 100 g/mol. The van der Waals surface area contributed by atoms with E-state index >= 15 is 0 Å². The molecule has 41 valence electrons. The molecule has 0 aromatic heterocycles. The number of ether oxygens (including phenoxy) is 1. The first-order valence-corrected chi connectivity index (χ1v) is 1.71. The van der Waals surface area contributed by atoms with Crippen molar-refractivity contribution in [2.75, 3.05) is 13.2 Å². The molecule has 0 spiro atoms. The molecule has 0 heterocycles. The predicted molar refractivity (Wildman–Crippen MR) is 19.5 cm³/mol. The molecule has 1 radical (unpaired) electrons. The number of hydrogen-bond acceptors (Lipinski definition) is 2. The molecule has 0 aliphatic rings. The van der Waals surface area contributed by atoms with Gasteiger partial charge in [-0.1, -0.05) is 0 Å². The minimum absolute atomic E-state index is 0.255. The Morgan fingerprint density at radius 2 is 2.29 bits per heavy atom. The van der Waals surface area contributed by atoms with Crippen LogP contribution in [0.25, 0.3) is 0 Å². The molecule has 0 saturated carbocycles. The quantitative estimate of drug-likeness (QED) is 0.507. The van der Waals surface area contributed by atoms with Gasteiger partial charge in [-0.25, -0.2) is 9.90 Å². The Morgan fingerprint density at radius 3 is 2.43 bits per heavy atom. The molecule has 4 nitrogen and oxygen atoms in total. The summed E-state index contributed by atoms with van der Waals surface area (Å²) in [6.45, 7) is -0.762. The monoisotopic (exact) mass is 105 g/mol. The van der Waals surface area contributed by atoms with Crippen molar-refractivity contribution >= 4 is 6.16 Å². The van der Waals surface area contributed by atoms with Crippen LogP contribution in [0.15, 0.2) is 0 Å². The van der Waals surface area contributed by atoms with E-state index in [2.05, 4.69) is 4.74 Å². The maximum atomic E-state index is 9.45. The van der Waals surface area contributed by atoms with Crippen LogP contribution in [0.4, 0.5) is 4.79 Å². The standard InChI is InChI=1S/C3H5O4/c4-1-2-7-3(5)6/h1-2H2,(H,5,6). The van der Waals surface area contributed by atoms with Crippen LogP contribution in [-0.4, -0.2) is 24.5 Å². The van der Waals surface area contributed by atoms with Crippen LogP contribution in [0.1, 0.15) is 0 Å². The van der Waals surface area contributed by atoms with Gasteiger partial charge in [-0.05, 0) is 0 Å². The van der Waals surface area contributed by atoms with Crippen LogP contribution in [0, 0.1) is 0 Å². The minimum atomic E-state index is -1.39. The van der Waals surface area contributed by atoms with Crippen molar-refractivity contribution in [3.8, 4) is 0 Å². The summed E-state index contributed by atoms with van der Waals surface area (Å²) in [5.41, 5.74) is 0. The van der Waals surface area contributed by atoms with Crippen molar-refractivity contribution in [1.82, 2.24) is 0 Å². The van der Waals surface area contributed by atoms with Gasteiger partial charge < -0.3 is 9.84 Å². The lowest BCUT2D eigenvalue weighted by atomic mass is 10.8. The van der Waals surface area contributed by atoms with E-state index in [1.807, 2.05) is 0 Å². The molecule has 0 amide bonds. The van der Waals surface area contributed by atoms with Gasteiger partial charge in [0.15, 0.2) is 0 Å². The predicted octanol–water partition coefficient (Wildman–Crippen LogP) is 0.112. The van der Waals surface area contributed by atoms with Gasteiger partial charge in [-0.2, -0.15) is 0 Å². The van der Waals surface area contributed by atoms with E-state index in [4.69, 9.17) is 5.11 Å². The van der Waals surface area contributed by atoms with E-state index in [-0.39, 0.29) is 6.61 Å². The van der Waals surface area contributed by atoms with Crippen molar-refractivity contribution < 1.29 is 19.7 Å². The topological polar surface area (TPSA) is 66.4 Å². The lowest BCUT2D eigenvalue weighted by molar-refractivity contribution is 0.0585. The number of hydrogen-bond donors (Lipinski definition) is 1. The molecule has 0 fully saturated rings. The van der Waals surface area contributed by atoms with E-state index in [9.17, 15) is 9.90 Å². The van der Waals surface area contributed by atoms with Gasteiger partial charge in [0, 0.05) is 0 Å². The molecule has 0 rings (SSSR count). The highest BCUT2D eigenvalue weighted by Crippen LogP contribution is 1.71. The Kier molecular flexibility index (Phi) is 3.04. The normalized spacial score (nSPS) is 8.14. The summed E-state index contributed by atoms with van der Waals surface area (Å²) in [4.78, 5) is 9.40. The Morgan fingerprint density at radius 1 is 1.71 bits per heavy atom. The first kappa shape index (κ1) is 6.23. The fourth-order valence-corrected chi connectivity index (χ4v) is 0.129. The van der Waals surface area contributed by atoms with E-state index in [1.165, 1.54) is 0 Å². The van der Waals surface area contributed by atoms with Gasteiger partial charge in [0.25, 0.3) is 0 Å². The zero-order valence-corrected chi connectivity index (χ0v) is 3.59. The smallest absolute Gasteiger partial charge is 0.450 e. The van der Waals surface area contributed by atoms with Crippen molar-refractivity contribution in [2.45, 2.75) is 0 Å². The van der Waals surface area contributed by atoms with Crippen LogP contribution in [0.5, 0.6) is 0 Å². The third-order valence-electron chi connectivity index (χ3n) is 0.309. The Labute approximate surface area is 40.3 Å². The third-order valence-corrected chi connectivity index (χ3v) is 0.309. The van der Waals surface area contributed by atoms with E-state index < -0.39 is 12.8 Å². The number of rotatable bonds is 2. The zero-order valence-electron chi connectivity index (χ0n) is 3.59. The highest BCUT2D eigenvalue weighted by Gasteiger charge is 1.91. The molecule has 1 N–H and O–H groups in total. The summed E-state index contributed by atoms with van der Waals surface area (Å²) in [5.74, 6) is 0. The first-order valence-electron chi connectivity index (χ1n) is 1.71. The second-order valence-corrected chi connectivity index (χ2v) is 0.818. The van der Waals surface area contributed by atoms with Crippen LogP contribution in [0.2, 0.25) is 0 Å². The summed E-state index contributed by atoms with van der Waals surface area (Å²) in [7, 11) is 0. The van der Waals surface area contributed by atoms with Crippen molar-refractivity contribution in [2.24, 2.45) is 0 Å². The van der Waals surface area contributed by atoms with Gasteiger partial charge in [0.05, 0.1) is 0 Å². The third kappa shape index (κ3) is 5.23. The number of carboxylic acid groups (broad SMARTS) is 1. The van der Waals surface area contributed by atoms with Crippen molar-refractivity contribution in [3.05, 3.63) is 0 Å². The van der Waals surface area contributed by atoms with Crippen molar-refractivity contribution in [3.63, 3.8) is 0 Å². The second kappa shape index (κ2) is 3.42. The Hall–Kier alpha value is -0.770. The van der Waals surface area contributed by atoms with Gasteiger partial charge in [-0.3, -0.25) is 0 Å². The van der Waals surface area contributed by atoms with Crippen molar-refractivity contribution in [1.29, 1.82) is 0 Å². The SMILES string of the molecule is [O]CCOC(=O)O. The molecule has 7 heavy (non-hydrogen) atoms. The van der Waals surface area contributed by atoms with Gasteiger partial charge >= 0.3 is 6.16 Å². The zero-order chi connectivity index (χ0) is 5.70. The first-order chi connectivity index (χ1) is 3.27. The second-order valence-electron chi connectivity index (χ2n) is 0.818. The highest BCUT2D eigenvalue weighted by atomic mass is 16.7. The van der Waals surface area contributed by atoms with E-state index in [1.54, 1.807) is 0 Å². The van der Waals surface area contributed by atoms with E-state index in [0.29, 0.717) is 0 Å². The molecule has 0 aromatic carbocycles. The minimum Gasteiger partial charge on any atom is -0.450 e. The summed E-state index contributed by atoms with van der Waals surface area (Å²) >= 11 is 0. The van der Waals surface area contributed by atoms with Gasteiger partial charge in [0.2, 0.25) is 0 Å². The summed E-state index contributed by atoms with van der Waals surface area (Å²) < 4.78 is 3.80. The fraction of sp³-hybridized carbons (Fsp3) is 0.667. The highest BCUT2D eigenvalue weighted by molar-refractivity contribution is 5.56. The molecule has 0 aliphatic heterocycles. The maximum Gasteiger partial charge on any atom is 0.505 e. The molecule has 0 atom stereocenters. The molecule has 0 saturated heterocycles. The average molecular weight is 105 g/mol. The molecule has 0 bridgehead atoms. The van der Waals surface area contributed by atoms with Crippen LogP contribution >= 0.6 is 0 Å². The number of carbonyl (C=O) groups is 1. The lowest BCUT2D eigenvalue weighted by Crippen LogP contribution is -2.03. The fourth-order valence-electron chi connectivity index (χ4n) is 0.129.